The van der Waals surface area contributed by atoms with Crippen LogP contribution >= 0.6 is 11.3 Å². The number of likely N-dealkylation sites (tertiary alicyclic amines) is 1. The van der Waals surface area contributed by atoms with E-state index in [1.54, 1.807) is 11.3 Å². The van der Waals surface area contributed by atoms with E-state index >= 15 is 0 Å². The fraction of sp³-hybridized carbons (Fsp3) is 0.607. The molecule has 2 saturated heterocycles. The molecular weight excluding hydrogens is 488 g/mol. The van der Waals surface area contributed by atoms with Crippen molar-refractivity contribution in [2.75, 3.05) is 26.2 Å². The predicted octanol–water partition coefficient (Wildman–Crippen LogP) is 2.99. The van der Waals surface area contributed by atoms with Crippen LogP contribution in [-0.2, 0) is 9.59 Å². The van der Waals surface area contributed by atoms with E-state index < -0.39 is 18.2 Å². The maximum Gasteiger partial charge on any atom is 0.243 e. The zero-order chi connectivity index (χ0) is 26.7. The first-order chi connectivity index (χ1) is 17.7. The molecule has 0 bridgehead atoms. The smallest absolute Gasteiger partial charge is 0.243 e. The van der Waals surface area contributed by atoms with Gasteiger partial charge in [-0.2, -0.15) is 0 Å². The summed E-state index contributed by atoms with van der Waals surface area (Å²) >= 11 is 1.61. The molecule has 2 amide bonds. The Morgan fingerprint density at radius 2 is 1.97 bits per heavy atom. The first-order valence-electron chi connectivity index (χ1n) is 13.4. The van der Waals surface area contributed by atoms with E-state index in [0.29, 0.717) is 5.92 Å². The Balaban J connectivity index is 1.61. The summed E-state index contributed by atoms with van der Waals surface area (Å²) in [6.07, 6.45) is 1.42. The minimum absolute atomic E-state index is 0.119. The minimum Gasteiger partial charge on any atom is -0.394 e. The molecule has 9 heteroatoms. The Morgan fingerprint density at radius 3 is 2.59 bits per heavy atom. The van der Waals surface area contributed by atoms with Crippen LogP contribution in [0.1, 0.15) is 68.8 Å². The van der Waals surface area contributed by atoms with Gasteiger partial charge in [-0.05, 0) is 67.4 Å². The summed E-state index contributed by atoms with van der Waals surface area (Å²) in [5, 5.41) is 27.2. The molecule has 4 unspecified atom stereocenters. The molecule has 8 nitrogen and oxygen atoms in total. The number of amides is 2. The SMILES string of the molecule is Cc1ncsc1-c1ccc(C(CO)NC(=O)C2CC(O)CN2C(=O)C(C)C(C)C)c(C2CCNCC2)c1. The summed E-state index contributed by atoms with van der Waals surface area (Å²) in [6.45, 7) is 9.57. The molecular formula is C28H40N4O4S. The lowest BCUT2D eigenvalue weighted by molar-refractivity contribution is -0.142. The molecule has 4 rings (SSSR count). The lowest BCUT2D eigenvalue weighted by Crippen LogP contribution is -2.49. The van der Waals surface area contributed by atoms with Gasteiger partial charge in [-0.1, -0.05) is 32.9 Å². The average Bonchev–Trinajstić information content (AvgIpc) is 3.51. The van der Waals surface area contributed by atoms with E-state index in [-0.39, 0.29) is 43.2 Å². The Labute approximate surface area is 223 Å². The third-order valence-corrected chi connectivity index (χ3v) is 8.98. The van der Waals surface area contributed by atoms with Crippen LogP contribution in [0.3, 0.4) is 0 Å². The lowest BCUT2D eigenvalue weighted by Gasteiger charge is -2.31. The summed E-state index contributed by atoms with van der Waals surface area (Å²) in [4.78, 5) is 33.6. The van der Waals surface area contributed by atoms with Crippen molar-refractivity contribution >= 4 is 23.2 Å². The van der Waals surface area contributed by atoms with Crippen LogP contribution in [0.4, 0.5) is 0 Å². The molecule has 2 fully saturated rings. The maximum absolute atomic E-state index is 13.5. The number of nitrogens with zero attached hydrogens (tertiary/aromatic N) is 2. The van der Waals surface area contributed by atoms with Gasteiger partial charge in [0.05, 0.1) is 34.8 Å². The van der Waals surface area contributed by atoms with Crippen molar-refractivity contribution < 1.29 is 19.8 Å². The van der Waals surface area contributed by atoms with Crippen LogP contribution < -0.4 is 10.6 Å². The van der Waals surface area contributed by atoms with Crippen molar-refractivity contribution in [1.82, 2.24) is 20.5 Å². The fourth-order valence-electron chi connectivity index (χ4n) is 5.44. The first kappa shape index (κ1) is 27.7. The third kappa shape index (κ3) is 6.06. The highest BCUT2D eigenvalue weighted by atomic mass is 32.1. The monoisotopic (exact) mass is 528 g/mol. The Morgan fingerprint density at radius 1 is 1.24 bits per heavy atom. The lowest BCUT2D eigenvalue weighted by atomic mass is 9.83. The molecule has 0 spiro atoms. The molecule has 2 aromatic rings. The summed E-state index contributed by atoms with van der Waals surface area (Å²) < 4.78 is 0. The number of piperidine rings is 1. The fourth-order valence-corrected chi connectivity index (χ4v) is 6.24. The van der Waals surface area contributed by atoms with Crippen molar-refractivity contribution in [3.63, 3.8) is 0 Å². The van der Waals surface area contributed by atoms with E-state index in [0.717, 1.165) is 53.2 Å². The van der Waals surface area contributed by atoms with Crippen LogP contribution in [0.25, 0.3) is 10.4 Å². The molecule has 2 aliphatic rings. The standard InChI is InChI=1S/C28H40N4O4S/c1-16(2)17(3)28(36)32-13-21(34)12-25(32)27(35)31-24(14-33)22-6-5-20(26-18(4)30-15-37-26)11-23(22)19-7-9-29-10-8-19/h5-6,11,15-17,19,21,24-25,29,33-34H,7-10,12-14H2,1-4H3,(H,31,35). The molecule has 0 saturated carbocycles. The number of aliphatic hydroxyl groups excluding tert-OH is 2. The van der Waals surface area contributed by atoms with Gasteiger partial charge in [0.2, 0.25) is 11.8 Å². The number of rotatable bonds is 8. The van der Waals surface area contributed by atoms with Gasteiger partial charge in [-0.25, -0.2) is 4.98 Å². The van der Waals surface area contributed by atoms with E-state index in [9.17, 15) is 19.8 Å². The number of carbonyl (C=O) groups excluding carboxylic acids is 2. The van der Waals surface area contributed by atoms with Gasteiger partial charge in [0.15, 0.2) is 0 Å². The molecule has 3 heterocycles. The van der Waals surface area contributed by atoms with E-state index in [1.165, 1.54) is 4.90 Å². The molecule has 1 aromatic heterocycles. The van der Waals surface area contributed by atoms with Crippen molar-refractivity contribution in [1.29, 1.82) is 0 Å². The summed E-state index contributed by atoms with van der Waals surface area (Å²) in [7, 11) is 0. The second kappa shape index (κ2) is 12.0. The first-order valence-corrected chi connectivity index (χ1v) is 14.2. The molecule has 202 valence electrons. The van der Waals surface area contributed by atoms with E-state index in [4.69, 9.17) is 0 Å². The molecule has 2 aliphatic heterocycles. The van der Waals surface area contributed by atoms with Crippen molar-refractivity contribution in [3.05, 3.63) is 40.5 Å². The zero-order valence-electron chi connectivity index (χ0n) is 22.2. The van der Waals surface area contributed by atoms with Crippen LogP contribution in [0, 0.1) is 18.8 Å². The van der Waals surface area contributed by atoms with Gasteiger partial charge >= 0.3 is 0 Å². The number of aliphatic hydroxyl groups is 2. The van der Waals surface area contributed by atoms with Crippen LogP contribution in [0.2, 0.25) is 0 Å². The largest absolute Gasteiger partial charge is 0.394 e. The summed E-state index contributed by atoms with van der Waals surface area (Å²) in [5.41, 5.74) is 5.97. The highest BCUT2D eigenvalue weighted by Gasteiger charge is 2.41. The van der Waals surface area contributed by atoms with Crippen molar-refractivity contribution in [3.8, 4) is 10.4 Å². The van der Waals surface area contributed by atoms with Crippen molar-refractivity contribution in [2.45, 2.75) is 71.1 Å². The van der Waals surface area contributed by atoms with Gasteiger partial charge in [-0.15, -0.1) is 11.3 Å². The number of hydrogen-bond acceptors (Lipinski definition) is 7. The Kier molecular flexibility index (Phi) is 9.00. The van der Waals surface area contributed by atoms with E-state index in [1.807, 2.05) is 45.3 Å². The van der Waals surface area contributed by atoms with Crippen molar-refractivity contribution in [2.24, 2.45) is 11.8 Å². The second-order valence-electron chi connectivity index (χ2n) is 10.8. The number of aryl methyl sites for hydroxylation is 1. The number of thiazole rings is 1. The second-order valence-corrected chi connectivity index (χ2v) is 11.7. The normalized spacial score (nSPS) is 22.3. The number of β-amino-alcohol motifs (C(OH)–C–C–N with tert-alkyl or cyclic N) is 1. The number of nitrogens with one attached hydrogen (secondary N) is 2. The molecule has 1 aromatic carbocycles. The van der Waals surface area contributed by atoms with Gasteiger partial charge in [0.25, 0.3) is 0 Å². The molecule has 0 radical (unpaired) electrons. The zero-order valence-corrected chi connectivity index (χ0v) is 23.1. The summed E-state index contributed by atoms with van der Waals surface area (Å²) in [6, 6.07) is 4.89. The minimum atomic E-state index is -0.751. The average molecular weight is 529 g/mol. The van der Waals surface area contributed by atoms with Gasteiger partial charge in [-0.3, -0.25) is 9.59 Å². The van der Waals surface area contributed by atoms with Crippen LogP contribution in [-0.4, -0.2) is 70.3 Å². The number of benzene rings is 1. The number of carbonyl (C=O) groups is 2. The van der Waals surface area contributed by atoms with Gasteiger partial charge in [0.1, 0.15) is 6.04 Å². The maximum atomic E-state index is 13.5. The van der Waals surface area contributed by atoms with Crippen LogP contribution in [0.5, 0.6) is 0 Å². The van der Waals surface area contributed by atoms with Gasteiger partial charge in [0, 0.05) is 18.9 Å². The summed E-state index contributed by atoms with van der Waals surface area (Å²) in [5.74, 6) is -0.255. The topological polar surface area (TPSA) is 115 Å². The quantitative estimate of drug-likeness (QED) is 0.419. The molecule has 37 heavy (non-hydrogen) atoms. The Bertz CT molecular complexity index is 1100. The highest BCUT2D eigenvalue weighted by molar-refractivity contribution is 7.13. The number of hydrogen-bond donors (Lipinski definition) is 4. The molecule has 0 aliphatic carbocycles. The third-order valence-electron chi connectivity index (χ3n) is 8.00. The Hall–Kier alpha value is -2.33. The molecule has 4 N–H and O–H groups in total. The number of aromatic nitrogens is 1. The molecule has 4 atom stereocenters. The van der Waals surface area contributed by atoms with Gasteiger partial charge < -0.3 is 25.7 Å². The predicted molar refractivity (Wildman–Crippen MR) is 145 cm³/mol. The van der Waals surface area contributed by atoms with Crippen LogP contribution in [0.15, 0.2) is 23.7 Å². The highest BCUT2D eigenvalue weighted by Crippen LogP contribution is 2.37. The van der Waals surface area contributed by atoms with E-state index in [2.05, 4.69) is 21.7 Å².